The minimum atomic E-state index is -0.429. The van der Waals surface area contributed by atoms with E-state index in [-0.39, 0.29) is 12.1 Å². The minimum Gasteiger partial charge on any atom is -0.444 e. The van der Waals surface area contributed by atoms with Crippen LogP contribution in [0.5, 0.6) is 0 Å². The molecule has 0 aromatic heterocycles. The summed E-state index contributed by atoms with van der Waals surface area (Å²) in [4.78, 5) is 13.8. The number of likely N-dealkylation sites (tertiary alicyclic amines) is 1. The Morgan fingerprint density at radius 2 is 2.12 bits per heavy atom. The number of allylic oxidation sites excluding steroid dienone is 2. The molecule has 1 fully saturated rings. The van der Waals surface area contributed by atoms with Gasteiger partial charge in [-0.1, -0.05) is 24.8 Å². The first-order valence-electron chi connectivity index (χ1n) is 6.23. The summed E-state index contributed by atoms with van der Waals surface area (Å²) >= 11 is 0. The fraction of sp³-hybridized carbons (Fsp3) is 0.643. The lowest BCUT2D eigenvalue weighted by molar-refractivity contribution is 0.0149. The van der Waals surface area contributed by atoms with Gasteiger partial charge in [0.2, 0.25) is 0 Å². The van der Waals surface area contributed by atoms with Crippen LogP contribution < -0.4 is 0 Å². The molecule has 1 unspecified atom stereocenters. The van der Waals surface area contributed by atoms with Crippen LogP contribution in [0.4, 0.5) is 4.79 Å². The molecule has 0 aromatic rings. The van der Waals surface area contributed by atoms with Crippen LogP contribution in [0.1, 0.15) is 40.0 Å². The molecular weight excluding hydrogens is 214 g/mol. The van der Waals surface area contributed by atoms with Crippen LogP contribution in [0, 0.1) is 0 Å². The molecule has 0 saturated carbocycles. The van der Waals surface area contributed by atoms with Crippen LogP contribution in [0.2, 0.25) is 0 Å². The van der Waals surface area contributed by atoms with E-state index in [4.69, 9.17) is 4.74 Å². The van der Waals surface area contributed by atoms with Crippen molar-refractivity contribution in [2.24, 2.45) is 0 Å². The molecule has 17 heavy (non-hydrogen) atoms. The quantitative estimate of drug-likeness (QED) is 0.688. The maximum absolute atomic E-state index is 12.0. The molecule has 1 saturated heterocycles. The van der Waals surface area contributed by atoms with Gasteiger partial charge in [0.1, 0.15) is 5.60 Å². The van der Waals surface area contributed by atoms with Gasteiger partial charge >= 0.3 is 6.09 Å². The molecule has 1 aliphatic rings. The molecule has 0 radical (unpaired) electrons. The number of piperidine rings is 1. The highest BCUT2D eigenvalue weighted by atomic mass is 16.6. The molecule has 0 N–H and O–H groups in total. The van der Waals surface area contributed by atoms with Gasteiger partial charge in [-0.2, -0.15) is 0 Å². The van der Waals surface area contributed by atoms with E-state index >= 15 is 0 Å². The summed E-state index contributed by atoms with van der Waals surface area (Å²) in [5.74, 6) is 0. The zero-order valence-electron chi connectivity index (χ0n) is 11.1. The van der Waals surface area contributed by atoms with Crippen LogP contribution in [-0.4, -0.2) is 29.2 Å². The SMILES string of the molecule is C=C/C=C/C1CCCCN1C(=O)OC(C)(C)C. The van der Waals surface area contributed by atoms with Crippen molar-refractivity contribution in [3.63, 3.8) is 0 Å². The van der Waals surface area contributed by atoms with Crippen molar-refractivity contribution in [3.8, 4) is 0 Å². The Morgan fingerprint density at radius 1 is 1.41 bits per heavy atom. The number of amides is 1. The van der Waals surface area contributed by atoms with Gasteiger partial charge in [0, 0.05) is 6.54 Å². The Morgan fingerprint density at radius 3 is 2.71 bits per heavy atom. The molecule has 1 amide bonds. The standard InChI is InChI=1S/C14H23NO2/c1-5-6-9-12-10-7-8-11-15(12)13(16)17-14(2,3)4/h5-6,9,12H,1,7-8,10-11H2,2-4H3/b9-6+. The maximum Gasteiger partial charge on any atom is 0.410 e. The number of rotatable bonds is 2. The molecule has 1 rings (SSSR count). The van der Waals surface area contributed by atoms with Crippen LogP contribution in [-0.2, 0) is 4.74 Å². The van der Waals surface area contributed by atoms with Crippen LogP contribution in [0.25, 0.3) is 0 Å². The third-order valence-electron chi connectivity index (χ3n) is 2.65. The summed E-state index contributed by atoms with van der Waals surface area (Å²) in [5, 5.41) is 0. The van der Waals surface area contributed by atoms with E-state index in [2.05, 4.69) is 6.58 Å². The Balaban J connectivity index is 2.67. The van der Waals surface area contributed by atoms with Gasteiger partial charge in [-0.25, -0.2) is 4.79 Å². The van der Waals surface area contributed by atoms with Gasteiger partial charge in [-0.3, -0.25) is 0 Å². The van der Waals surface area contributed by atoms with Crippen molar-refractivity contribution in [1.29, 1.82) is 0 Å². The molecule has 0 spiro atoms. The van der Waals surface area contributed by atoms with Crippen molar-refractivity contribution >= 4 is 6.09 Å². The number of hydrogen-bond acceptors (Lipinski definition) is 2. The van der Waals surface area contributed by atoms with Crippen molar-refractivity contribution in [1.82, 2.24) is 4.90 Å². The largest absolute Gasteiger partial charge is 0.444 e. The Hall–Kier alpha value is -1.25. The van der Waals surface area contributed by atoms with Gasteiger partial charge in [-0.15, -0.1) is 0 Å². The fourth-order valence-electron chi connectivity index (χ4n) is 1.91. The van der Waals surface area contributed by atoms with Crippen LogP contribution in [0.15, 0.2) is 24.8 Å². The Kier molecular flexibility index (Phi) is 4.79. The van der Waals surface area contributed by atoms with E-state index in [1.807, 2.05) is 37.8 Å². The highest BCUT2D eigenvalue weighted by molar-refractivity contribution is 5.69. The number of hydrogen-bond donors (Lipinski definition) is 0. The first-order chi connectivity index (χ1) is 7.94. The van der Waals surface area contributed by atoms with Crippen LogP contribution >= 0.6 is 0 Å². The molecule has 1 aliphatic heterocycles. The van der Waals surface area contributed by atoms with E-state index in [0.717, 1.165) is 25.8 Å². The predicted molar refractivity (Wildman–Crippen MR) is 69.9 cm³/mol. The highest BCUT2D eigenvalue weighted by Crippen LogP contribution is 2.21. The molecule has 3 nitrogen and oxygen atoms in total. The number of ether oxygens (including phenoxy) is 1. The second kappa shape index (κ2) is 5.89. The molecule has 1 heterocycles. The molecule has 1 atom stereocenters. The van der Waals surface area contributed by atoms with Gasteiger partial charge in [0.25, 0.3) is 0 Å². The summed E-state index contributed by atoms with van der Waals surface area (Å²) in [6.45, 7) is 10.1. The summed E-state index contributed by atoms with van der Waals surface area (Å²) < 4.78 is 5.41. The zero-order chi connectivity index (χ0) is 12.9. The molecule has 0 aliphatic carbocycles. The van der Waals surface area contributed by atoms with Gasteiger partial charge in [0.05, 0.1) is 6.04 Å². The molecule has 3 heteroatoms. The third-order valence-corrected chi connectivity index (χ3v) is 2.65. The number of nitrogens with zero attached hydrogens (tertiary/aromatic N) is 1. The lowest BCUT2D eigenvalue weighted by Gasteiger charge is -2.35. The maximum atomic E-state index is 12.0. The zero-order valence-corrected chi connectivity index (χ0v) is 11.1. The summed E-state index contributed by atoms with van der Waals surface area (Å²) in [6.07, 6.45) is 8.66. The summed E-state index contributed by atoms with van der Waals surface area (Å²) in [5.41, 5.74) is -0.429. The fourth-order valence-corrected chi connectivity index (χ4v) is 1.91. The monoisotopic (exact) mass is 237 g/mol. The molecule has 0 aromatic carbocycles. The van der Waals surface area contributed by atoms with Gasteiger partial charge < -0.3 is 9.64 Å². The average Bonchev–Trinajstić information content (AvgIpc) is 2.24. The molecule has 0 bridgehead atoms. The van der Waals surface area contributed by atoms with Gasteiger partial charge in [0.15, 0.2) is 0 Å². The summed E-state index contributed by atoms with van der Waals surface area (Å²) in [6, 6.07) is 0.150. The average molecular weight is 237 g/mol. The third kappa shape index (κ3) is 4.63. The van der Waals surface area contributed by atoms with E-state index in [1.54, 1.807) is 6.08 Å². The molecular formula is C14H23NO2. The summed E-state index contributed by atoms with van der Waals surface area (Å²) in [7, 11) is 0. The second-order valence-electron chi connectivity index (χ2n) is 5.36. The second-order valence-corrected chi connectivity index (χ2v) is 5.36. The lowest BCUT2D eigenvalue weighted by atomic mass is 10.0. The van der Waals surface area contributed by atoms with Crippen molar-refractivity contribution < 1.29 is 9.53 Å². The topological polar surface area (TPSA) is 29.5 Å². The van der Waals surface area contributed by atoms with E-state index < -0.39 is 5.60 Å². The molecule has 96 valence electrons. The van der Waals surface area contributed by atoms with Crippen molar-refractivity contribution in [3.05, 3.63) is 24.8 Å². The van der Waals surface area contributed by atoms with Crippen molar-refractivity contribution in [2.45, 2.75) is 51.7 Å². The number of carbonyl (C=O) groups is 1. The van der Waals surface area contributed by atoms with E-state index in [9.17, 15) is 4.79 Å². The van der Waals surface area contributed by atoms with E-state index in [1.165, 1.54) is 0 Å². The smallest absolute Gasteiger partial charge is 0.410 e. The van der Waals surface area contributed by atoms with E-state index in [0.29, 0.717) is 0 Å². The minimum absolute atomic E-state index is 0.150. The first kappa shape index (κ1) is 13.8. The van der Waals surface area contributed by atoms with Crippen LogP contribution in [0.3, 0.4) is 0 Å². The Bertz CT molecular complexity index is 302. The normalized spacial score (nSPS) is 21.6. The van der Waals surface area contributed by atoms with Gasteiger partial charge in [-0.05, 0) is 40.0 Å². The number of carbonyl (C=O) groups excluding carboxylic acids is 1. The lowest BCUT2D eigenvalue weighted by Crippen LogP contribution is -2.45. The first-order valence-corrected chi connectivity index (χ1v) is 6.23. The van der Waals surface area contributed by atoms with Crippen molar-refractivity contribution in [2.75, 3.05) is 6.54 Å². The highest BCUT2D eigenvalue weighted by Gasteiger charge is 2.28. The Labute approximate surface area is 104 Å². The predicted octanol–water partition coefficient (Wildman–Crippen LogP) is 3.52.